The van der Waals surface area contributed by atoms with Crippen LogP contribution in [0, 0.1) is 0 Å². The number of hydrogen-bond acceptors (Lipinski definition) is 5. The number of amides is 1. The molecule has 3 rings (SSSR count). The van der Waals surface area contributed by atoms with E-state index < -0.39 is 0 Å². The molecule has 3 aromatic rings. The number of ether oxygens (including phenoxy) is 4. The SMILES string of the molecule is COc1cc(C(=O)NCCOc2ccc3ccccc3c2)cc(OC)c1OC. The molecule has 0 radical (unpaired) electrons. The predicted octanol–water partition coefficient (Wildman–Crippen LogP) is 3.67. The summed E-state index contributed by atoms with van der Waals surface area (Å²) in [6.45, 7) is 0.719. The molecule has 0 aliphatic rings. The molecular formula is C22H23NO5. The quantitative estimate of drug-likeness (QED) is 0.603. The fraction of sp³-hybridized carbons (Fsp3) is 0.227. The summed E-state index contributed by atoms with van der Waals surface area (Å²) in [5, 5.41) is 5.10. The highest BCUT2D eigenvalue weighted by molar-refractivity contribution is 5.95. The Labute approximate surface area is 164 Å². The molecule has 6 nitrogen and oxygen atoms in total. The van der Waals surface area contributed by atoms with Gasteiger partial charge in [0, 0.05) is 5.56 Å². The van der Waals surface area contributed by atoms with E-state index in [0.29, 0.717) is 36.0 Å². The largest absolute Gasteiger partial charge is 0.493 e. The molecule has 0 fully saturated rings. The predicted molar refractivity (Wildman–Crippen MR) is 108 cm³/mol. The second-order valence-corrected chi connectivity index (χ2v) is 6.03. The van der Waals surface area contributed by atoms with Crippen LogP contribution in [0.25, 0.3) is 10.8 Å². The number of methoxy groups -OCH3 is 3. The molecule has 6 heteroatoms. The summed E-state index contributed by atoms with van der Waals surface area (Å²) in [4.78, 5) is 12.4. The van der Waals surface area contributed by atoms with E-state index in [9.17, 15) is 4.79 Å². The van der Waals surface area contributed by atoms with E-state index in [4.69, 9.17) is 18.9 Å². The lowest BCUT2D eigenvalue weighted by Crippen LogP contribution is -2.28. The molecule has 0 aromatic heterocycles. The molecule has 146 valence electrons. The molecule has 0 saturated carbocycles. The lowest BCUT2D eigenvalue weighted by Gasteiger charge is -2.14. The van der Waals surface area contributed by atoms with Crippen molar-refractivity contribution in [2.45, 2.75) is 0 Å². The molecule has 1 amide bonds. The molecule has 0 saturated heterocycles. The summed E-state index contributed by atoms with van der Waals surface area (Å²) in [6.07, 6.45) is 0. The maximum absolute atomic E-state index is 12.4. The lowest BCUT2D eigenvalue weighted by molar-refractivity contribution is 0.0946. The average Bonchev–Trinajstić information content (AvgIpc) is 2.75. The Morgan fingerprint density at radius 3 is 2.18 bits per heavy atom. The minimum atomic E-state index is -0.249. The third-order valence-corrected chi connectivity index (χ3v) is 4.30. The molecule has 0 bridgehead atoms. The average molecular weight is 381 g/mol. The van der Waals surface area contributed by atoms with Crippen LogP contribution >= 0.6 is 0 Å². The first-order chi connectivity index (χ1) is 13.7. The van der Waals surface area contributed by atoms with Gasteiger partial charge in [-0.05, 0) is 35.0 Å². The third-order valence-electron chi connectivity index (χ3n) is 4.30. The fourth-order valence-electron chi connectivity index (χ4n) is 2.90. The van der Waals surface area contributed by atoms with Crippen molar-refractivity contribution in [1.29, 1.82) is 0 Å². The highest BCUT2D eigenvalue weighted by Gasteiger charge is 2.16. The van der Waals surface area contributed by atoms with E-state index in [-0.39, 0.29) is 5.91 Å². The van der Waals surface area contributed by atoms with E-state index in [0.717, 1.165) is 16.5 Å². The Morgan fingerprint density at radius 1 is 0.857 bits per heavy atom. The first-order valence-corrected chi connectivity index (χ1v) is 8.86. The number of benzene rings is 3. The molecule has 0 unspecified atom stereocenters. The monoisotopic (exact) mass is 381 g/mol. The van der Waals surface area contributed by atoms with Crippen molar-refractivity contribution in [3.05, 3.63) is 60.2 Å². The van der Waals surface area contributed by atoms with Gasteiger partial charge >= 0.3 is 0 Å². The molecule has 0 heterocycles. The van der Waals surface area contributed by atoms with Crippen LogP contribution in [-0.4, -0.2) is 40.4 Å². The van der Waals surface area contributed by atoms with Crippen LogP contribution in [0.3, 0.4) is 0 Å². The topological polar surface area (TPSA) is 66.0 Å². The van der Waals surface area contributed by atoms with Crippen molar-refractivity contribution in [2.75, 3.05) is 34.5 Å². The van der Waals surface area contributed by atoms with E-state index in [1.807, 2.05) is 36.4 Å². The Bertz CT molecular complexity index is 945. The molecular weight excluding hydrogens is 358 g/mol. The summed E-state index contributed by atoms with van der Waals surface area (Å²) in [7, 11) is 4.54. The number of nitrogens with one attached hydrogen (secondary N) is 1. The van der Waals surface area contributed by atoms with Crippen molar-refractivity contribution in [2.24, 2.45) is 0 Å². The second kappa shape index (κ2) is 8.99. The molecule has 0 atom stereocenters. The Morgan fingerprint density at radius 2 is 1.54 bits per heavy atom. The lowest BCUT2D eigenvalue weighted by atomic mass is 10.1. The van der Waals surface area contributed by atoms with E-state index in [1.165, 1.54) is 21.3 Å². The minimum absolute atomic E-state index is 0.249. The zero-order valence-electron chi connectivity index (χ0n) is 16.2. The van der Waals surface area contributed by atoms with Crippen molar-refractivity contribution < 1.29 is 23.7 Å². The van der Waals surface area contributed by atoms with Gasteiger partial charge in [-0.1, -0.05) is 30.3 Å². The van der Waals surface area contributed by atoms with Crippen LogP contribution in [0.2, 0.25) is 0 Å². The van der Waals surface area contributed by atoms with Gasteiger partial charge in [-0.2, -0.15) is 0 Å². The molecule has 3 aromatic carbocycles. The Hall–Kier alpha value is -3.41. The van der Waals surface area contributed by atoms with Crippen molar-refractivity contribution in [3.63, 3.8) is 0 Å². The van der Waals surface area contributed by atoms with Crippen LogP contribution in [0.1, 0.15) is 10.4 Å². The van der Waals surface area contributed by atoms with Crippen molar-refractivity contribution in [3.8, 4) is 23.0 Å². The Balaban J connectivity index is 1.59. The van der Waals surface area contributed by atoms with Gasteiger partial charge in [-0.15, -0.1) is 0 Å². The molecule has 28 heavy (non-hydrogen) atoms. The molecule has 0 aliphatic heterocycles. The Kier molecular flexibility index (Phi) is 6.22. The van der Waals surface area contributed by atoms with Gasteiger partial charge < -0.3 is 24.3 Å². The number of carbonyl (C=O) groups excluding carboxylic acids is 1. The van der Waals surface area contributed by atoms with E-state index in [1.54, 1.807) is 12.1 Å². The first kappa shape index (κ1) is 19.4. The van der Waals surface area contributed by atoms with Crippen LogP contribution in [-0.2, 0) is 0 Å². The van der Waals surface area contributed by atoms with Gasteiger partial charge in [0.25, 0.3) is 5.91 Å². The number of carbonyl (C=O) groups is 1. The van der Waals surface area contributed by atoms with Crippen molar-refractivity contribution >= 4 is 16.7 Å². The number of rotatable bonds is 8. The van der Waals surface area contributed by atoms with Crippen LogP contribution in [0.5, 0.6) is 23.0 Å². The first-order valence-electron chi connectivity index (χ1n) is 8.86. The number of hydrogen-bond donors (Lipinski definition) is 1. The summed E-state index contributed by atoms with van der Waals surface area (Å²) >= 11 is 0. The van der Waals surface area contributed by atoms with Crippen LogP contribution in [0.15, 0.2) is 54.6 Å². The summed E-state index contributed by atoms with van der Waals surface area (Å²) in [5.41, 5.74) is 0.417. The standard InChI is InChI=1S/C22H23NO5/c1-25-19-13-17(14-20(26-2)21(19)27-3)22(24)23-10-11-28-18-9-8-15-6-4-5-7-16(15)12-18/h4-9,12-14H,10-11H2,1-3H3,(H,23,24). The van der Waals surface area contributed by atoms with Gasteiger partial charge in [-0.25, -0.2) is 0 Å². The number of fused-ring (bicyclic) bond motifs is 1. The van der Waals surface area contributed by atoms with Crippen molar-refractivity contribution in [1.82, 2.24) is 5.32 Å². The van der Waals surface area contributed by atoms with Gasteiger partial charge in [0.1, 0.15) is 12.4 Å². The van der Waals surface area contributed by atoms with E-state index in [2.05, 4.69) is 11.4 Å². The zero-order valence-corrected chi connectivity index (χ0v) is 16.2. The summed E-state index contributed by atoms with van der Waals surface area (Å²) in [6, 6.07) is 17.2. The van der Waals surface area contributed by atoms with E-state index >= 15 is 0 Å². The smallest absolute Gasteiger partial charge is 0.251 e. The normalized spacial score (nSPS) is 10.4. The molecule has 0 spiro atoms. The minimum Gasteiger partial charge on any atom is -0.493 e. The maximum Gasteiger partial charge on any atom is 0.251 e. The highest BCUT2D eigenvalue weighted by Crippen LogP contribution is 2.38. The second-order valence-electron chi connectivity index (χ2n) is 6.03. The third kappa shape index (κ3) is 4.28. The maximum atomic E-state index is 12.4. The van der Waals surface area contributed by atoms with Gasteiger partial charge in [-0.3, -0.25) is 4.79 Å². The fourth-order valence-corrected chi connectivity index (χ4v) is 2.90. The van der Waals surface area contributed by atoms with Gasteiger partial charge in [0.05, 0.1) is 27.9 Å². The zero-order chi connectivity index (χ0) is 19.9. The van der Waals surface area contributed by atoms with Crippen LogP contribution < -0.4 is 24.3 Å². The molecule has 1 N–H and O–H groups in total. The van der Waals surface area contributed by atoms with Gasteiger partial charge in [0.2, 0.25) is 5.75 Å². The summed E-state index contributed by atoms with van der Waals surface area (Å²) < 4.78 is 21.6. The van der Waals surface area contributed by atoms with Crippen LogP contribution in [0.4, 0.5) is 0 Å². The summed E-state index contributed by atoms with van der Waals surface area (Å²) in [5.74, 6) is 1.82. The van der Waals surface area contributed by atoms with Gasteiger partial charge in [0.15, 0.2) is 11.5 Å². The molecule has 0 aliphatic carbocycles. The highest BCUT2D eigenvalue weighted by atomic mass is 16.5.